The van der Waals surface area contributed by atoms with Crippen molar-refractivity contribution in [2.24, 2.45) is 5.92 Å². The maximum atomic E-state index is 10.0. The summed E-state index contributed by atoms with van der Waals surface area (Å²) in [7, 11) is 0. The third-order valence-corrected chi connectivity index (χ3v) is 3.69. The number of aliphatic hydroxyl groups is 1. The van der Waals surface area contributed by atoms with Gasteiger partial charge in [-0.1, -0.05) is 6.92 Å². The van der Waals surface area contributed by atoms with Crippen LogP contribution in [0.4, 0.5) is 0 Å². The van der Waals surface area contributed by atoms with Gasteiger partial charge >= 0.3 is 0 Å². The van der Waals surface area contributed by atoms with Gasteiger partial charge in [-0.2, -0.15) is 15.0 Å². The summed E-state index contributed by atoms with van der Waals surface area (Å²) in [6.07, 6.45) is 4.81. The van der Waals surface area contributed by atoms with Gasteiger partial charge in [0.15, 0.2) is 0 Å². The summed E-state index contributed by atoms with van der Waals surface area (Å²) in [5.74, 6) is 0.830. The molecule has 1 aromatic rings. The summed E-state index contributed by atoms with van der Waals surface area (Å²) in [5.41, 5.74) is 0.650. The van der Waals surface area contributed by atoms with E-state index < -0.39 is 5.60 Å². The minimum absolute atomic E-state index is 0.418. The zero-order chi connectivity index (χ0) is 12.6. The van der Waals surface area contributed by atoms with Gasteiger partial charge in [0.25, 0.3) is 0 Å². The van der Waals surface area contributed by atoms with Crippen molar-refractivity contribution in [2.45, 2.75) is 65.0 Å². The molecule has 96 valence electrons. The van der Waals surface area contributed by atoms with E-state index in [1.165, 1.54) is 12.8 Å². The van der Waals surface area contributed by atoms with E-state index in [-0.39, 0.29) is 0 Å². The van der Waals surface area contributed by atoms with E-state index in [1.807, 2.05) is 11.7 Å². The molecule has 0 unspecified atom stereocenters. The van der Waals surface area contributed by atoms with Crippen molar-refractivity contribution >= 4 is 0 Å². The number of aryl methyl sites for hydroxylation is 1. The van der Waals surface area contributed by atoms with E-state index in [0.717, 1.165) is 24.5 Å². The lowest BCUT2D eigenvalue weighted by Gasteiger charge is -2.25. The Morgan fingerprint density at radius 2 is 1.76 bits per heavy atom. The van der Waals surface area contributed by atoms with E-state index in [4.69, 9.17) is 0 Å². The first-order valence-electron chi connectivity index (χ1n) is 6.54. The van der Waals surface area contributed by atoms with Crippen LogP contribution in [0.1, 0.15) is 63.9 Å². The quantitative estimate of drug-likeness (QED) is 0.860. The standard InChI is InChI=1S/C13H23N3O/c1-9-5-7-11(8-6-9)16-14-10(2)12(15-16)13(3,4)17/h9,11,17H,5-8H2,1-4H3/t9-,11-. The number of aromatic nitrogens is 3. The molecule has 1 N–H and O–H groups in total. The molecule has 2 rings (SSSR count). The average Bonchev–Trinajstić information content (AvgIpc) is 2.61. The molecule has 17 heavy (non-hydrogen) atoms. The largest absolute Gasteiger partial charge is 0.384 e. The van der Waals surface area contributed by atoms with E-state index in [9.17, 15) is 5.11 Å². The van der Waals surface area contributed by atoms with Crippen molar-refractivity contribution in [3.8, 4) is 0 Å². The molecular formula is C13H23N3O. The zero-order valence-electron chi connectivity index (χ0n) is 11.3. The lowest BCUT2D eigenvalue weighted by Crippen LogP contribution is -2.21. The molecule has 4 nitrogen and oxygen atoms in total. The SMILES string of the molecule is Cc1nn([C@H]2CC[C@H](C)CC2)nc1C(C)(C)O. The van der Waals surface area contributed by atoms with Crippen LogP contribution >= 0.6 is 0 Å². The Labute approximate surface area is 103 Å². The fourth-order valence-corrected chi connectivity index (χ4v) is 2.60. The topological polar surface area (TPSA) is 50.9 Å². The summed E-state index contributed by atoms with van der Waals surface area (Å²) in [5, 5.41) is 19.0. The maximum absolute atomic E-state index is 10.0. The predicted octanol–water partition coefficient (Wildman–Crippen LogP) is 2.57. The van der Waals surface area contributed by atoms with Crippen LogP contribution in [0.3, 0.4) is 0 Å². The maximum Gasteiger partial charge on any atom is 0.117 e. The van der Waals surface area contributed by atoms with Crippen LogP contribution in [-0.4, -0.2) is 20.1 Å². The average molecular weight is 237 g/mol. The van der Waals surface area contributed by atoms with Crippen LogP contribution in [0, 0.1) is 12.8 Å². The van der Waals surface area contributed by atoms with Crippen molar-refractivity contribution in [1.29, 1.82) is 0 Å². The molecule has 0 aliphatic heterocycles. The Hall–Kier alpha value is -0.900. The molecule has 0 radical (unpaired) electrons. The van der Waals surface area contributed by atoms with Crippen molar-refractivity contribution in [1.82, 2.24) is 15.0 Å². The minimum atomic E-state index is -0.899. The molecular weight excluding hydrogens is 214 g/mol. The first kappa shape index (κ1) is 12.6. The Kier molecular flexibility index (Phi) is 3.25. The Balaban J connectivity index is 2.18. The van der Waals surface area contributed by atoms with Gasteiger partial charge in [0, 0.05) is 0 Å². The fraction of sp³-hybridized carbons (Fsp3) is 0.846. The summed E-state index contributed by atoms with van der Waals surface area (Å²) >= 11 is 0. The van der Waals surface area contributed by atoms with Crippen molar-refractivity contribution < 1.29 is 5.11 Å². The van der Waals surface area contributed by atoms with Crippen LogP contribution in [0.25, 0.3) is 0 Å². The third-order valence-electron chi connectivity index (χ3n) is 3.69. The van der Waals surface area contributed by atoms with Crippen LogP contribution in [-0.2, 0) is 5.60 Å². The van der Waals surface area contributed by atoms with Gasteiger partial charge in [-0.05, 0) is 52.4 Å². The highest BCUT2D eigenvalue weighted by Crippen LogP contribution is 2.31. The molecule has 1 aliphatic carbocycles. The normalized spacial score (nSPS) is 26.2. The minimum Gasteiger partial charge on any atom is -0.384 e. The summed E-state index contributed by atoms with van der Waals surface area (Å²) in [6.45, 7) is 7.75. The molecule has 0 aromatic carbocycles. The Morgan fingerprint density at radius 1 is 1.18 bits per heavy atom. The van der Waals surface area contributed by atoms with Gasteiger partial charge in [-0.25, -0.2) is 0 Å². The molecule has 1 saturated carbocycles. The van der Waals surface area contributed by atoms with Crippen LogP contribution in [0.5, 0.6) is 0 Å². The van der Waals surface area contributed by atoms with Gasteiger partial charge < -0.3 is 5.11 Å². The number of rotatable bonds is 2. The highest BCUT2D eigenvalue weighted by Gasteiger charge is 2.27. The van der Waals surface area contributed by atoms with Gasteiger partial charge in [-0.3, -0.25) is 0 Å². The monoisotopic (exact) mass is 237 g/mol. The molecule has 0 atom stereocenters. The van der Waals surface area contributed by atoms with Gasteiger partial charge in [0.05, 0.1) is 11.7 Å². The van der Waals surface area contributed by atoms with E-state index in [2.05, 4.69) is 17.1 Å². The second-order valence-electron chi connectivity index (χ2n) is 5.93. The predicted molar refractivity (Wildman–Crippen MR) is 66.7 cm³/mol. The highest BCUT2D eigenvalue weighted by atomic mass is 16.3. The number of nitrogens with zero attached hydrogens (tertiary/aromatic N) is 3. The fourth-order valence-electron chi connectivity index (χ4n) is 2.60. The molecule has 0 spiro atoms. The van der Waals surface area contributed by atoms with Crippen molar-refractivity contribution in [3.05, 3.63) is 11.4 Å². The summed E-state index contributed by atoms with van der Waals surface area (Å²) in [4.78, 5) is 1.83. The van der Waals surface area contributed by atoms with Gasteiger partial charge in [0.1, 0.15) is 11.3 Å². The van der Waals surface area contributed by atoms with E-state index in [1.54, 1.807) is 13.8 Å². The van der Waals surface area contributed by atoms with Crippen molar-refractivity contribution in [3.63, 3.8) is 0 Å². The summed E-state index contributed by atoms with van der Waals surface area (Å²) < 4.78 is 0. The van der Waals surface area contributed by atoms with Crippen LogP contribution < -0.4 is 0 Å². The van der Waals surface area contributed by atoms with E-state index in [0.29, 0.717) is 11.7 Å². The third kappa shape index (κ3) is 2.68. The molecule has 4 heteroatoms. The molecule has 1 aromatic heterocycles. The van der Waals surface area contributed by atoms with Gasteiger partial charge in [0.2, 0.25) is 0 Å². The first-order valence-corrected chi connectivity index (χ1v) is 6.54. The zero-order valence-corrected chi connectivity index (χ0v) is 11.3. The molecule has 1 heterocycles. The number of hydrogen-bond acceptors (Lipinski definition) is 3. The molecule has 1 aliphatic rings. The molecule has 0 amide bonds. The number of hydrogen-bond donors (Lipinski definition) is 1. The van der Waals surface area contributed by atoms with Gasteiger partial charge in [-0.15, -0.1) is 0 Å². The lowest BCUT2D eigenvalue weighted by atomic mass is 9.88. The summed E-state index contributed by atoms with van der Waals surface area (Å²) in [6, 6.07) is 0.418. The molecule has 0 bridgehead atoms. The first-order chi connectivity index (χ1) is 7.88. The molecule has 0 saturated heterocycles. The van der Waals surface area contributed by atoms with Crippen LogP contribution in [0.2, 0.25) is 0 Å². The Bertz CT molecular complexity index is 384. The van der Waals surface area contributed by atoms with Crippen LogP contribution in [0.15, 0.2) is 0 Å². The lowest BCUT2D eigenvalue weighted by molar-refractivity contribution is 0.0718. The van der Waals surface area contributed by atoms with Crippen molar-refractivity contribution in [2.75, 3.05) is 0 Å². The highest BCUT2D eigenvalue weighted by molar-refractivity contribution is 5.13. The smallest absolute Gasteiger partial charge is 0.117 e. The second kappa shape index (κ2) is 4.41. The second-order valence-corrected chi connectivity index (χ2v) is 5.93. The van der Waals surface area contributed by atoms with E-state index >= 15 is 0 Å². The molecule has 1 fully saturated rings. The Morgan fingerprint density at radius 3 is 2.24 bits per heavy atom.